The van der Waals surface area contributed by atoms with Gasteiger partial charge in [0.2, 0.25) is 0 Å². The van der Waals surface area contributed by atoms with Crippen LogP contribution in [-0.2, 0) is 14.3 Å². The van der Waals surface area contributed by atoms with Gasteiger partial charge in [-0.3, -0.25) is 9.59 Å². The predicted molar refractivity (Wildman–Crippen MR) is 92.2 cm³/mol. The number of furan rings is 1. The fraction of sp³-hybridized carbons (Fsp3) is 0.300. The summed E-state index contributed by atoms with van der Waals surface area (Å²) in [7, 11) is 1.58. The Bertz CT molecular complexity index is 788. The van der Waals surface area contributed by atoms with Crippen molar-refractivity contribution in [2.45, 2.75) is 19.3 Å². The van der Waals surface area contributed by atoms with E-state index in [0.29, 0.717) is 17.9 Å². The van der Waals surface area contributed by atoms with E-state index < -0.39 is 11.9 Å². The summed E-state index contributed by atoms with van der Waals surface area (Å²) in [6.07, 6.45) is 3.55. The van der Waals surface area contributed by atoms with Crippen LogP contribution in [0.3, 0.4) is 0 Å². The first-order chi connectivity index (χ1) is 12.2. The Kier molecular flexibility index (Phi) is 5.03. The standard InChI is InChI=1S/C20H20O5/c1-3-24-20(22)19-15(14-7-4-5-8-18(14)23-2)11-13(12-16(19)21)17-9-6-10-25-17/h4-10,12,15,19H,3,11H2,1-2H3/t15-,19+/m1/s1. The van der Waals surface area contributed by atoms with Crippen molar-refractivity contribution in [1.29, 1.82) is 0 Å². The smallest absolute Gasteiger partial charge is 0.317 e. The summed E-state index contributed by atoms with van der Waals surface area (Å²) in [4.78, 5) is 25.2. The summed E-state index contributed by atoms with van der Waals surface area (Å²) < 4.78 is 16.0. The number of carbonyl (C=O) groups is 2. The quantitative estimate of drug-likeness (QED) is 0.614. The number of hydrogen-bond acceptors (Lipinski definition) is 5. The van der Waals surface area contributed by atoms with E-state index in [0.717, 1.165) is 11.1 Å². The number of hydrogen-bond donors (Lipinski definition) is 0. The minimum atomic E-state index is -0.880. The van der Waals surface area contributed by atoms with Crippen LogP contribution in [0.25, 0.3) is 5.57 Å². The second-order valence-electron chi connectivity index (χ2n) is 5.83. The lowest BCUT2D eigenvalue weighted by Gasteiger charge is -2.29. The minimum Gasteiger partial charge on any atom is -0.496 e. The largest absolute Gasteiger partial charge is 0.496 e. The number of esters is 1. The van der Waals surface area contributed by atoms with Crippen LogP contribution in [0.15, 0.2) is 53.2 Å². The van der Waals surface area contributed by atoms with Crippen molar-refractivity contribution in [3.63, 3.8) is 0 Å². The highest BCUT2D eigenvalue weighted by atomic mass is 16.5. The van der Waals surface area contributed by atoms with Gasteiger partial charge in [-0.1, -0.05) is 18.2 Å². The van der Waals surface area contributed by atoms with E-state index in [4.69, 9.17) is 13.9 Å². The lowest BCUT2D eigenvalue weighted by Crippen LogP contribution is -2.34. The van der Waals surface area contributed by atoms with Gasteiger partial charge in [-0.25, -0.2) is 0 Å². The van der Waals surface area contributed by atoms with Crippen LogP contribution in [0, 0.1) is 5.92 Å². The average molecular weight is 340 g/mol. The SMILES string of the molecule is CCOC(=O)[C@@H]1C(=O)C=C(c2ccco2)C[C@@H]1c1ccccc1OC. The molecule has 130 valence electrons. The number of rotatable bonds is 5. The highest BCUT2D eigenvalue weighted by Crippen LogP contribution is 2.43. The summed E-state index contributed by atoms with van der Waals surface area (Å²) in [6.45, 7) is 1.96. The molecule has 0 N–H and O–H groups in total. The van der Waals surface area contributed by atoms with E-state index in [2.05, 4.69) is 0 Å². The Morgan fingerprint density at radius 2 is 2.04 bits per heavy atom. The molecule has 0 unspecified atom stereocenters. The van der Waals surface area contributed by atoms with Crippen LogP contribution < -0.4 is 4.74 Å². The zero-order valence-electron chi connectivity index (χ0n) is 14.2. The maximum Gasteiger partial charge on any atom is 0.317 e. The first-order valence-corrected chi connectivity index (χ1v) is 8.23. The molecule has 2 aromatic rings. The van der Waals surface area contributed by atoms with Crippen molar-refractivity contribution in [2.24, 2.45) is 5.92 Å². The van der Waals surface area contributed by atoms with Gasteiger partial charge in [-0.2, -0.15) is 0 Å². The molecule has 2 atom stereocenters. The molecule has 0 amide bonds. The highest BCUT2D eigenvalue weighted by molar-refractivity contribution is 6.10. The number of ketones is 1. The van der Waals surface area contributed by atoms with E-state index in [-0.39, 0.29) is 18.3 Å². The van der Waals surface area contributed by atoms with Gasteiger partial charge in [-0.15, -0.1) is 0 Å². The van der Waals surface area contributed by atoms with Gasteiger partial charge in [-0.05, 0) is 48.8 Å². The zero-order valence-corrected chi connectivity index (χ0v) is 14.2. The second-order valence-corrected chi connectivity index (χ2v) is 5.83. The lowest BCUT2D eigenvalue weighted by atomic mass is 9.74. The Hall–Kier alpha value is -2.82. The van der Waals surface area contributed by atoms with Gasteiger partial charge in [0.05, 0.1) is 20.0 Å². The van der Waals surface area contributed by atoms with E-state index in [1.54, 1.807) is 26.4 Å². The molecule has 1 aliphatic carbocycles. The first kappa shape index (κ1) is 17.0. The number of allylic oxidation sites excluding steroid dienone is 2. The molecule has 0 fully saturated rings. The van der Waals surface area contributed by atoms with Crippen LogP contribution in [0.5, 0.6) is 5.75 Å². The summed E-state index contributed by atoms with van der Waals surface area (Å²) in [5.74, 6) is -0.737. The summed E-state index contributed by atoms with van der Waals surface area (Å²) in [5, 5.41) is 0. The topological polar surface area (TPSA) is 65.7 Å². The molecule has 1 aromatic carbocycles. The molecule has 3 rings (SSSR count). The van der Waals surface area contributed by atoms with Crippen LogP contribution in [0.1, 0.15) is 30.6 Å². The van der Waals surface area contributed by atoms with Gasteiger partial charge in [0, 0.05) is 5.92 Å². The molecule has 0 aliphatic heterocycles. The molecule has 0 bridgehead atoms. The summed E-state index contributed by atoms with van der Waals surface area (Å²) in [6, 6.07) is 11.0. The van der Waals surface area contributed by atoms with Crippen molar-refractivity contribution >= 4 is 17.3 Å². The van der Waals surface area contributed by atoms with Gasteiger partial charge >= 0.3 is 5.97 Å². The molecule has 0 saturated heterocycles. The molecule has 5 nitrogen and oxygen atoms in total. The van der Waals surface area contributed by atoms with Crippen LogP contribution >= 0.6 is 0 Å². The molecule has 5 heteroatoms. The maximum atomic E-state index is 12.7. The van der Waals surface area contributed by atoms with Crippen molar-refractivity contribution in [1.82, 2.24) is 0 Å². The number of methoxy groups -OCH3 is 1. The third-order valence-corrected chi connectivity index (χ3v) is 4.38. The number of para-hydroxylation sites is 1. The molecule has 0 spiro atoms. The molecule has 1 heterocycles. The molecule has 0 saturated carbocycles. The Labute approximate surface area is 146 Å². The summed E-state index contributed by atoms with van der Waals surface area (Å²) >= 11 is 0. The molecular weight excluding hydrogens is 320 g/mol. The molecular formula is C20H20O5. The van der Waals surface area contributed by atoms with Crippen molar-refractivity contribution in [3.8, 4) is 5.75 Å². The maximum absolute atomic E-state index is 12.7. The normalized spacial score (nSPS) is 20.1. The highest BCUT2D eigenvalue weighted by Gasteiger charge is 2.41. The zero-order chi connectivity index (χ0) is 17.8. The Morgan fingerprint density at radius 3 is 2.72 bits per heavy atom. The van der Waals surface area contributed by atoms with E-state index in [9.17, 15) is 9.59 Å². The fourth-order valence-electron chi connectivity index (χ4n) is 3.28. The average Bonchev–Trinajstić information content (AvgIpc) is 3.15. The second kappa shape index (κ2) is 7.38. The van der Waals surface area contributed by atoms with E-state index in [1.807, 2.05) is 30.3 Å². The number of carbonyl (C=O) groups excluding carboxylic acids is 2. The Balaban J connectivity index is 2.05. The van der Waals surface area contributed by atoms with Gasteiger partial charge in [0.15, 0.2) is 5.78 Å². The van der Waals surface area contributed by atoms with Gasteiger partial charge < -0.3 is 13.9 Å². The number of ether oxygens (including phenoxy) is 2. The third kappa shape index (κ3) is 3.36. The molecule has 0 radical (unpaired) electrons. The minimum absolute atomic E-state index is 0.232. The van der Waals surface area contributed by atoms with Crippen LogP contribution in [0.2, 0.25) is 0 Å². The van der Waals surface area contributed by atoms with E-state index >= 15 is 0 Å². The lowest BCUT2D eigenvalue weighted by molar-refractivity contribution is -0.151. The van der Waals surface area contributed by atoms with Gasteiger partial charge in [0.1, 0.15) is 17.4 Å². The predicted octanol–water partition coefficient (Wildman–Crippen LogP) is 3.61. The van der Waals surface area contributed by atoms with Crippen LogP contribution in [-0.4, -0.2) is 25.5 Å². The van der Waals surface area contributed by atoms with Crippen molar-refractivity contribution < 1.29 is 23.5 Å². The first-order valence-electron chi connectivity index (χ1n) is 8.23. The van der Waals surface area contributed by atoms with Crippen LogP contribution in [0.4, 0.5) is 0 Å². The number of benzene rings is 1. The molecule has 1 aliphatic rings. The third-order valence-electron chi connectivity index (χ3n) is 4.38. The van der Waals surface area contributed by atoms with Crippen molar-refractivity contribution in [2.75, 3.05) is 13.7 Å². The fourth-order valence-corrected chi connectivity index (χ4v) is 3.28. The Morgan fingerprint density at radius 1 is 1.24 bits per heavy atom. The van der Waals surface area contributed by atoms with Crippen molar-refractivity contribution in [3.05, 3.63) is 60.1 Å². The summed E-state index contributed by atoms with van der Waals surface area (Å²) in [5.41, 5.74) is 1.58. The van der Waals surface area contributed by atoms with E-state index in [1.165, 1.54) is 6.08 Å². The molecule has 1 aromatic heterocycles. The molecule has 25 heavy (non-hydrogen) atoms. The van der Waals surface area contributed by atoms with Gasteiger partial charge in [0.25, 0.3) is 0 Å². The monoisotopic (exact) mass is 340 g/mol.